The van der Waals surface area contributed by atoms with Gasteiger partial charge in [-0.1, -0.05) is 0 Å². The Bertz CT molecular complexity index is 568. The highest BCUT2D eigenvalue weighted by atomic mass is 127. The lowest BCUT2D eigenvalue weighted by Gasteiger charge is -2.04. The van der Waals surface area contributed by atoms with Crippen LogP contribution in [0.5, 0.6) is 5.75 Å². The van der Waals surface area contributed by atoms with Crippen LogP contribution in [0, 0.1) is 15.0 Å². The number of halogens is 1. The van der Waals surface area contributed by atoms with E-state index in [1.807, 2.05) is 13.1 Å². The number of rotatable bonds is 1. The summed E-state index contributed by atoms with van der Waals surface area (Å²) < 4.78 is 7.89. The first-order valence-electron chi connectivity index (χ1n) is 4.28. The number of hydrogen-bond acceptors (Lipinski definition) is 3. The van der Waals surface area contributed by atoms with Gasteiger partial charge in [0, 0.05) is 7.05 Å². The van der Waals surface area contributed by atoms with E-state index in [1.165, 1.54) is 0 Å². The molecular weight excluding hydrogens is 305 g/mol. The summed E-state index contributed by atoms with van der Waals surface area (Å²) >= 11 is 2.14. The molecule has 5 heteroatoms. The molecule has 0 bridgehead atoms. The van der Waals surface area contributed by atoms with Gasteiger partial charge in [-0.2, -0.15) is 10.4 Å². The number of methoxy groups -OCH3 is 1. The summed E-state index contributed by atoms with van der Waals surface area (Å²) in [4.78, 5) is 0. The first-order valence-corrected chi connectivity index (χ1v) is 5.36. The van der Waals surface area contributed by atoms with Gasteiger partial charge in [0.25, 0.3) is 0 Å². The predicted molar refractivity (Wildman–Crippen MR) is 64.7 cm³/mol. The van der Waals surface area contributed by atoms with Crippen molar-refractivity contribution in [3.63, 3.8) is 0 Å². The molecule has 0 spiro atoms. The number of aromatic nitrogens is 2. The van der Waals surface area contributed by atoms with Crippen molar-refractivity contribution in [3.05, 3.63) is 21.4 Å². The molecule has 0 aliphatic heterocycles. The van der Waals surface area contributed by atoms with Crippen molar-refractivity contribution in [2.45, 2.75) is 0 Å². The molecule has 2 rings (SSSR count). The summed E-state index contributed by atoms with van der Waals surface area (Å²) in [7, 11) is 3.44. The van der Waals surface area contributed by atoms with Crippen molar-refractivity contribution in [2.75, 3.05) is 7.11 Å². The molecule has 0 saturated carbocycles. The predicted octanol–water partition coefficient (Wildman–Crippen LogP) is 2.06. The molecule has 76 valence electrons. The molecule has 4 nitrogen and oxygen atoms in total. The van der Waals surface area contributed by atoms with E-state index in [-0.39, 0.29) is 0 Å². The van der Waals surface area contributed by atoms with Crippen LogP contribution < -0.4 is 4.74 Å². The van der Waals surface area contributed by atoms with Crippen molar-refractivity contribution in [1.29, 1.82) is 5.26 Å². The van der Waals surface area contributed by atoms with Crippen LogP contribution in [-0.4, -0.2) is 16.9 Å². The van der Waals surface area contributed by atoms with Crippen LogP contribution in [0.3, 0.4) is 0 Å². The number of benzene rings is 1. The molecule has 0 saturated heterocycles. The maximum atomic E-state index is 8.95. The van der Waals surface area contributed by atoms with Gasteiger partial charge >= 0.3 is 0 Å². The molecule has 15 heavy (non-hydrogen) atoms. The Morgan fingerprint density at radius 1 is 1.53 bits per heavy atom. The molecule has 0 aliphatic rings. The van der Waals surface area contributed by atoms with Crippen molar-refractivity contribution in [2.24, 2.45) is 7.05 Å². The van der Waals surface area contributed by atoms with Crippen LogP contribution >= 0.6 is 22.6 Å². The molecule has 0 amide bonds. The van der Waals surface area contributed by atoms with E-state index in [1.54, 1.807) is 17.9 Å². The van der Waals surface area contributed by atoms with Crippen molar-refractivity contribution < 1.29 is 4.74 Å². The normalized spacial score (nSPS) is 10.3. The third-order valence-corrected chi connectivity index (χ3v) is 3.01. The van der Waals surface area contributed by atoms with Gasteiger partial charge in [0.15, 0.2) is 0 Å². The van der Waals surface area contributed by atoms with Crippen molar-refractivity contribution in [3.8, 4) is 11.8 Å². The minimum Gasteiger partial charge on any atom is -0.495 e. The van der Waals surface area contributed by atoms with Crippen LogP contribution in [0.25, 0.3) is 10.9 Å². The lowest BCUT2D eigenvalue weighted by atomic mass is 10.1. The zero-order valence-corrected chi connectivity index (χ0v) is 10.4. The maximum absolute atomic E-state index is 8.95. The molecule has 0 radical (unpaired) electrons. The number of hydrogen-bond donors (Lipinski definition) is 0. The summed E-state index contributed by atoms with van der Waals surface area (Å²) in [5.41, 5.74) is 1.51. The zero-order valence-electron chi connectivity index (χ0n) is 8.28. The van der Waals surface area contributed by atoms with E-state index in [9.17, 15) is 0 Å². The lowest BCUT2D eigenvalue weighted by molar-refractivity contribution is 0.418. The molecule has 0 atom stereocenters. The molecule has 0 N–H and O–H groups in total. The minimum atomic E-state index is 0.538. The number of ether oxygens (including phenoxy) is 1. The second-order valence-corrected chi connectivity index (χ2v) is 4.09. The molecule has 1 aromatic carbocycles. The third kappa shape index (κ3) is 1.45. The third-order valence-electron chi connectivity index (χ3n) is 2.25. The minimum absolute atomic E-state index is 0.538. The molecule has 0 fully saturated rings. The second-order valence-electron chi connectivity index (χ2n) is 3.07. The van der Waals surface area contributed by atoms with E-state index in [2.05, 4.69) is 33.8 Å². The van der Waals surface area contributed by atoms with Gasteiger partial charge in [-0.25, -0.2) is 0 Å². The van der Waals surface area contributed by atoms with Crippen LogP contribution in [0.4, 0.5) is 0 Å². The molecule has 2 aromatic rings. The Kier molecular flexibility index (Phi) is 2.52. The average Bonchev–Trinajstić information content (AvgIpc) is 2.53. The van der Waals surface area contributed by atoms with Gasteiger partial charge in [-0.05, 0) is 34.7 Å². The zero-order chi connectivity index (χ0) is 11.0. The Morgan fingerprint density at radius 3 is 2.87 bits per heavy atom. The number of nitrogens with zero attached hydrogens (tertiary/aromatic N) is 3. The SMILES string of the molecule is COc1c(C#N)ccc2c1c(I)nn2C. The highest BCUT2D eigenvalue weighted by Gasteiger charge is 2.14. The first kappa shape index (κ1) is 10.2. The van der Waals surface area contributed by atoms with Crippen LogP contribution in [-0.2, 0) is 7.05 Å². The standard InChI is InChI=1S/C10H8IN3O/c1-14-7-4-3-6(5-12)9(15-2)8(7)10(11)13-14/h3-4H,1-2H3. The first-order chi connectivity index (χ1) is 7.19. The summed E-state index contributed by atoms with van der Waals surface area (Å²) in [5.74, 6) is 0.604. The fraction of sp³-hybridized carbons (Fsp3) is 0.200. The van der Waals surface area contributed by atoms with Crippen molar-refractivity contribution >= 4 is 33.5 Å². The van der Waals surface area contributed by atoms with Gasteiger partial charge < -0.3 is 4.74 Å². The smallest absolute Gasteiger partial charge is 0.148 e. The lowest BCUT2D eigenvalue weighted by Crippen LogP contribution is -1.91. The largest absolute Gasteiger partial charge is 0.495 e. The molecule has 1 aromatic heterocycles. The van der Waals surface area contributed by atoms with E-state index < -0.39 is 0 Å². The molecule has 1 heterocycles. The monoisotopic (exact) mass is 313 g/mol. The van der Waals surface area contributed by atoms with E-state index in [0.717, 1.165) is 14.6 Å². The Balaban J connectivity index is 2.94. The highest BCUT2D eigenvalue weighted by Crippen LogP contribution is 2.32. The second kappa shape index (κ2) is 3.70. The summed E-state index contributed by atoms with van der Waals surface area (Å²) in [6.45, 7) is 0. The van der Waals surface area contributed by atoms with Crippen LogP contribution in [0.1, 0.15) is 5.56 Å². The number of nitriles is 1. The molecule has 0 aliphatic carbocycles. The van der Waals surface area contributed by atoms with Crippen molar-refractivity contribution in [1.82, 2.24) is 9.78 Å². The Labute approximate surface area is 101 Å². The Hall–Kier alpha value is -1.29. The van der Waals surface area contributed by atoms with Gasteiger partial charge in [-0.15, -0.1) is 0 Å². The van der Waals surface area contributed by atoms with Crippen LogP contribution in [0.15, 0.2) is 12.1 Å². The summed E-state index contributed by atoms with van der Waals surface area (Å²) in [5, 5.41) is 14.1. The highest BCUT2D eigenvalue weighted by molar-refractivity contribution is 14.1. The van der Waals surface area contributed by atoms with Gasteiger partial charge in [0.1, 0.15) is 15.5 Å². The fourth-order valence-electron chi connectivity index (χ4n) is 1.58. The summed E-state index contributed by atoms with van der Waals surface area (Å²) in [6, 6.07) is 5.74. The summed E-state index contributed by atoms with van der Waals surface area (Å²) in [6.07, 6.45) is 0. The van der Waals surface area contributed by atoms with Gasteiger partial charge in [0.2, 0.25) is 0 Å². The van der Waals surface area contributed by atoms with Crippen LogP contribution in [0.2, 0.25) is 0 Å². The number of aryl methyl sites for hydroxylation is 1. The maximum Gasteiger partial charge on any atom is 0.148 e. The van der Waals surface area contributed by atoms with E-state index in [0.29, 0.717) is 11.3 Å². The van der Waals surface area contributed by atoms with E-state index in [4.69, 9.17) is 10.00 Å². The number of fused-ring (bicyclic) bond motifs is 1. The quantitative estimate of drug-likeness (QED) is 0.757. The average molecular weight is 313 g/mol. The van der Waals surface area contributed by atoms with Gasteiger partial charge in [0.05, 0.1) is 23.6 Å². The molecular formula is C10H8IN3O. The fourth-order valence-corrected chi connectivity index (χ4v) is 2.42. The van der Waals surface area contributed by atoms with Gasteiger partial charge in [-0.3, -0.25) is 4.68 Å². The van der Waals surface area contributed by atoms with E-state index >= 15 is 0 Å². The Morgan fingerprint density at radius 2 is 2.27 bits per heavy atom. The topological polar surface area (TPSA) is 50.8 Å². The molecule has 0 unspecified atom stereocenters.